The van der Waals surface area contributed by atoms with Crippen LogP contribution < -0.4 is 5.32 Å². The second-order valence-corrected chi connectivity index (χ2v) is 6.76. The van der Waals surface area contributed by atoms with Crippen LogP contribution >= 0.6 is 0 Å². The van der Waals surface area contributed by atoms with E-state index in [-0.39, 0.29) is 6.03 Å². The van der Waals surface area contributed by atoms with Crippen molar-refractivity contribution in [1.82, 2.24) is 14.9 Å². The number of fused-ring (bicyclic) bond motifs is 2. The Morgan fingerprint density at radius 2 is 1.89 bits per heavy atom. The van der Waals surface area contributed by atoms with Gasteiger partial charge in [-0.15, -0.1) is 0 Å². The lowest BCUT2D eigenvalue weighted by Crippen LogP contribution is -2.30. The average Bonchev–Trinajstić information content (AvgIpc) is 3.32. The molecule has 5 rings (SSSR count). The van der Waals surface area contributed by atoms with Gasteiger partial charge in [-0.2, -0.15) is 0 Å². The van der Waals surface area contributed by atoms with Crippen LogP contribution in [-0.4, -0.2) is 20.9 Å². The molecule has 132 valence electrons. The molecule has 1 aliphatic heterocycles. The molecular formula is C22H18N4O. The number of hydrogen-bond acceptors (Lipinski definition) is 2. The molecule has 5 heteroatoms. The fraction of sp³-hybridized carbons (Fsp3) is 0.0909. The second-order valence-electron chi connectivity index (χ2n) is 6.76. The molecule has 0 unspecified atom stereocenters. The maximum atomic E-state index is 12.8. The molecule has 2 aromatic heterocycles. The summed E-state index contributed by atoms with van der Waals surface area (Å²) in [6, 6.07) is 18.2. The van der Waals surface area contributed by atoms with Crippen molar-refractivity contribution in [2.75, 3.05) is 5.32 Å². The van der Waals surface area contributed by atoms with Gasteiger partial charge in [-0.1, -0.05) is 36.4 Å². The van der Waals surface area contributed by atoms with Crippen LogP contribution in [0.4, 0.5) is 10.5 Å². The Balaban J connectivity index is 1.35. The number of pyridine rings is 1. The molecule has 2 amide bonds. The number of benzene rings is 2. The number of urea groups is 1. The molecule has 0 fully saturated rings. The predicted octanol–water partition coefficient (Wildman–Crippen LogP) is 4.78. The summed E-state index contributed by atoms with van der Waals surface area (Å²) >= 11 is 0. The lowest BCUT2D eigenvalue weighted by Gasteiger charge is -2.16. The minimum Gasteiger partial charge on any atom is -0.359 e. The lowest BCUT2D eigenvalue weighted by atomic mass is 10.0. The van der Waals surface area contributed by atoms with Crippen LogP contribution in [0.25, 0.3) is 22.0 Å². The minimum absolute atomic E-state index is 0.0844. The summed E-state index contributed by atoms with van der Waals surface area (Å²) in [7, 11) is 0. The minimum atomic E-state index is -0.0844. The number of aromatic nitrogens is 2. The van der Waals surface area contributed by atoms with Gasteiger partial charge in [-0.3, -0.25) is 4.98 Å². The first kappa shape index (κ1) is 15.6. The number of hydrogen-bond donors (Lipinski definition) is 2. The second kappa shape index (κ2) is 6.29. The maximum Gasteiger partial charge on any atom is 0.322 e. The number of carbonyl (C=O) groups excluding carboxylic acids is 1. The summed E-state index contributed by atoms with van der Waals surface area (Å²) < 4.78 is 0. The van der Waals surface area contributed by atoms with Crippen LogP contribution in [-0.2, 0) is 13.1 Å². The molecule has 0 radical (unpaired) electrons. The zero-order valence-electron chi connectivity index (χ0n) is 14.6. The van der Waals surface area contributed by atoms with E-state index in [1.807, 2.05) is 53.7 Å². The fourth-order valence-corrected chi connectivity index (χ4v) is 3.62. The standard InChI is InChI=1S/C22H18N4O/c27-22(25-21-12-24-20-6-2-1-5-19(20)21)26-13-17-8-7-15(10-18(17)14-26)16-4-3-9-23-11-16/h1-12,24H,13-14H2,(H,25,27). The molecule has 3 heterocycles. The molecule has 4 aromatic rings. The monoisotopic (exact) mass is 354 g/mol. The zero-order chi connectivity index (χ0) is 18.2. The highest BCUT2D eigenvalue weighted by Gasteiger charge is 2.24. The van der Waals surface area contributed by atoms with Crippen molar-refractivity contribution in [2.24, 2.45) is 0 Å². The van der Waals surface area contributed by atoms with Crippen LogP contribution in [0, 0.1) is 0 Å². The summed E-state index contributed by atoms with van der Waals surface area (Å²) in [5.41, 5.74) is 6.41. The highest BCUT2D eigenvalue weighted by atomic mass is 16.2. The number of H-pyrrole nitrogens is 1. The first-order valence-electron chi connectivity index (χ1n) is 8.92. The van der Waals surface area contributed by atoms with Crippen LogP contribution in [0.3, 0.4) is 0 Å². The van der Waals surface area contributed by atoms with Crippen molar-refractivity contribution in [3.8, 4) is 11.1 Å². The predicted molar refractivity (Wildman–Crippen MR) is 106 cm³/mol. The van der Waals surface area contributed by atoms with E-state index in [1.54, 1.807) is 6.20 Å². The first-order valence-corrected chi connectivity index (χ1v) is 8.92. The van der Waals surface area contributed by atoms with E-state index in [0.717, 1.165) is 27.7 Å². The molecule has 0 aliphatic carbocycles. The molecule has 0 saturated heterocycles. The van der Waals surface area contributed by atoms with Gasteiger partial charge in [-0.05, 0) is 40.5 Å². The van der Waals surface area contributed by atoms with E-state index >= 15 is 0 Å². The summed E-state index contributed by atoms with van der Waals surface area (Å²) in [5, 5.41) is 4.05. The first-order chi connectivity index (χ1) is 13.3. The molecule has 2 aromatic carbocycles. The van der Waals surface area contributed by atoms with Gasteiger partial charge < -0.3 is 15.2 Å². The average molecular weight is 354 g/mol. The van der Waals surface area contributed by atoms with Crippen molar-refractivity contribution in [1.29, 1.82) is 0 Å². The molecule has 1 aliphatic rings. The topological polar surface area (TPSA) is 61.0 Å². The molecule has 27 heavy (non-hydrogen) atoms. The van der Waals surface area contributed by atoms with E-state index in [0.29, 0.717) is 13.1 Å². The van der Waals surface area contributed by atoms with Crippen molar-refractivity contribution in [2.45, 2.75) is 13.1 Å². The van der Waals surface area contributed by atoms with E-state index < -0.39 is 0 Å². The Kier molecular flexibility index (Phi) is 3.64. The Labute approximate surface area is 156 Å². The molecule has 2 N–H and O–H groups in total. The highest BCUT2D eigenvalue weighted by molar-refractivity contribution is 6.01. The van der Waals surface area contributed by atoms with E-state index in [9.17, 15) is 4.79 Å². The number of aromatic amines is 1. The zero-order valence-corrected chi connectivity index (χ0v) is 14.6. The Morgan fingerprint density at radius 3 is 2.78 bits per heavy atom. The van der Waals surface area contributed by atoms with E-state index in [4.69, 9.17) is 0 Å². The molecule has 0 atom stereocenters. The Bertz CT molecular complexity index is 1130. The maximum absolute atomic E-state index is 12.8. The van der Waals surface area contributed by atoms with Crippen LogP contribution in [0.5, 0.6) is 0 Å². The SMILES string of the molecule is O=C(Nc1c[nH]c2ccccc12)N1Cc2ccc(-c3cccnc3)cc2C1. The molecule has 5 nitrogen and oxygen atoms in total. The Hall–Kier alpha value is -3.60. The van der Waals surface area contributed by atoms with Crippen LogP contribution in [0.15, 0.2) is 73.2 Å². The van der Waals surface area contributed by atoms with Gasteiger partial charge in [0.2, 0.25) is 0 Å². The normalized spacial score (nSPS) is 13.0. The van der Waals surface area contributed by atoms with Crippen molar-refractivity contribution in [3.05, 3.63) is 84.3 Å². The van der Waals surface area contributed by atoms with Gasteiger partial charge in [0.1, 0.15) is 0 Å². The highest BCUT2D eigenvalue weighted by Crippen LogP contribution is 2.29. The molecular weight excluding hydrogens is 336 g/mol. The number of rotatable bonds is 2. The van der Waals surface area contributed by atoms with Crippen molar-refractivity contribution >= 4 is 22.6 Å². The smallest absolute Gasteiger partial charge is 0.322 e. The van der Waals surface area contributed by atoms with E-state index in [2.05, 4.69) is 33.5 Å². The van der Waals surface area contributed by atoms with Gasteiger partial charge in [-0.25, -0.2) is 4.79 Å². The summed E-state index contributed by atoms with van der Waals surface area (Å²) in [5.74, 6) is 0. The third-order valence-corrected chi connectivity index (χ3v) is 5.04. The number of nitrogens with zero attached hydrogens (tertiary/aromatic N) is 2. The number of amides is 2. The van der Waals surface area contributed by atoms with Crippen LogP contribution in [0.1, 0.15) is 11.1 Å². The van der Waals surface area contributed by atoms with Gasteiger partial charge in [0, 0.05) is 42.6 Å². The van der Waals surface area contributed by atoms with Gasteiger partial charge in [0.05, 0.1) is 5.69 Å². The van der Waals surface area contributed by atoms with Crippen molar-refractivity contribution in [3.63, 3.8) is 0 Å². The van der Waals surface area contributed by atoms with Gasteiger partial charge in [0.25, 0.3) is 0 Å². The number of anilines is 1. The third kappa shape index (κ3) is 2.83. The number of nitrogens with one attached hydrogen (secondary N) is 2. The Morgan fingerprint density at radius 1 is 1.00 bits per heavy atom. The van der Waals surface area contributed by atoms with E-state index in [1.165, 1.54) is 11.1 Å². The third-order valence-electron chi connectivity index (χ3n) is 5.04. The number of carbonyl (C=O) groups is 1. The molecule has 0 spiro atoms. The molecule has 0 bridgehead atoms. The quantitative estimate of drug-likeness (QED) is 0.544. The lowest BCUT2D eigenvalue weighted by molar-refractivity contribution is 0.212. The van der Waals surface area contributed by atoms with Crippen LogP contribution in [0.2, 0.25) is 0 Å². The summed E-state index contributed by atoms with van der Waals surface area (Å²) in [6.45, 7) is 1.23. The van der Waals surface area contributed by atoms with Gasteiger partial charge in [0.15, 0.2) is 0 Å². The fourth-order valence-electron chi connectivity index (χ4n) is 3.62. The number of para-hydroxylation sites is 1. The largest absolute Gasteiger partial charge is 0.359 e. The molecule has 0 saturated carbocycles. The summed E-state index contributed by atoms with van der Waals surface area (Å²) in [6.07, 6.45) is 5.47. The van der Waals surface area contributed by atoms with Crippen molar-refractivity contribution < 1.29 is 4.79 Å². The van der Waals surface area contributed by atoms with Gasteiger partial charge >= 0.3 is 6.03 Å². The summed E-state index contributed by atoms with van der Waals surface area (Å²) in [4.78, 5) is 22.0.